The molecule has 10 heteroatoms. The van der Waals surface area contributed by atoms with Gasteiger partial charge in [0, 0.05) is 30.6 Å². The van der Waals surface area contributed by atoms with Crippen LogP contribution in [-0.4, -0.2) is 72.9 Å². The molecule has 0 saturated carbocycles. The number of hydrogen-bond donors (Lipinski definition) is 4. The monoisotopic (exact) mass is 563 g/mol. The van der Waals surface area contributed by atoms with Gasteiger partial charge in [-0.15, -0.1) is 0 Å². The second kappa shape index (κ2) is 14.1. The van der Waals surface area contributed by atoms with Gasteiger partial charge in [0.15, 0.2) is 0 Å². The Bertz CT molecular complexity index is 1210. The molecule has 2 fully saturated rings. The van der Waals surface area contributed by atoms with Gasteiger partial charge in [-0.05, 0) is 68.4 Å². The van der Waals surface area contributed by atoms with Gasteiger partial charge in [0.25, 0.3) is 5.91 Å². The largest absolute Gasteiger partial charge is 0.497 e. The lowest BCUT2D eigenvalue weighted by atomic mass is 9.92. The topological polar surface area (TPSA) is 143 Å². The molecule has 2 saturated heterocycles. The van der Waals surface area contributed by atoms with Gasteiger partial charge in [0.05, 0.1) is 13.2 Å². The third-order valence-corrected chi connectivity index (χ3v) is 8.17. The Morgan fingerprint density at radius 2 is 1.71 bits per heavy atom. The van der Waals surface area contributed by atoms with Crippen LogP contribution in [0.1, 0.15) is 54.9 Å². The summed E-state index contributed by atoms with van der Waals surface area (Å²) in [6.45, 7) is 2.46. The summed E-state index contributed by atoms with van der Waals surface area (Å²) in [7, 11) is 1.62. The third kappa shape index (κ3) is 7.43. The lowest BCUT2D eigenvalue weighted by Gasteiger charge is -2.32. The van der Waals surface area contributed by atoms with Gasteiger partial charge >= 0.3 is 0 Å². The van der Waals surface area contributed by atoms with Crippen molar-refractivity contribution < 1.29 is 23.9 Å². The van der Waals surface area contributed by atoms with Gasteiger partial charge < -0.3 is 31.3 Å². The van der Waals surface area contributed by atoms with Crippen molar-refractivity contribution in [2.75, 3.05) is 20.2 Å². The minimum atomic E-state index is -0.895. The van der Waals surface area contributed by atoms with Crippen molar-refractivity contribution in [3.05, 3.63) is 65.7 Å². The summed E-state index contributed by atoms with van der Waals surface area (Å²) in [5.74, 6) is -0.714. The van der Waals surface area contributed by atoms with Crippen molar-refractivity contribution in [1.29, 1.82) is 0 Å². The predicted molar refractivity (Wildman–Crippen MR) is 155 cm³/mol. The zero-order valence-corrected chi connectivity index (χ0v) is 23.8. The van der Waals surface area contributed by atoms with Crippen molar-refractivity contribution in [2.24, 2.45) is 11.7 Å². The van der Waals surface area contributed by atoms with Gasteiger partial charge in [-0.25, -0.2) is 0 Å². The highest BCUT2D eigenvalue weighted by Crippen LogP contribution is 2.34. The van der Waals surface area contributed by atoms with Crippen LogP contribution in [0.15, 0.2) is 54.6 Å². The number of fused-ring (bicyclic) bond motifs is 1. The van der Waals surface area contributed by atoms with Crippen LogP contribution >= 0.6 is 0 Å². The molecule has 4 amide bonds. The summed E-state index contributed by atoms with van der Waals surface area (Å²) in [5, 5.41) is 8.80. The van der Waals surface area contributed by atoms with E-state index in [1.807, 2.05) is 30.3 Å². The second-order valence-corrected chi connectivity index (χ2v) is 10.8. The molecule has 10 nitrogen and oxygen atoms in total. The van der Waals surface area contributed by atoms with E-state index in [-0.39, 0.29) is 36.2 Å². The summed E-state index contributed by atoms with van der Waals surface area (Å²) < 4.78 is 5.20. The van der Waals surface area contributed by atoms with E-state index in [1.165, 1.54) is 0 Å². The molecule has 0 unspecified atom stereocenters. The summed E-state index contributed by atoms with van der Waals surface area (Å²) in [4.78, 5) is 54.6. The first-order chi connectivity index (χ1) is 19.8. The first-order valence-electron chi connectivity index (χ1n) is 14.4. The van der Waals surface area contributed by atoms with Crippen LogP contribution in [0.5, 0.6) is 5.75 Å². The van der Waals surface area contributed by atoms with Crippen molar-refractivity contribution >= 4 is 23.6 Å². The Labute approximate surface area is 241 Å². The van der Waals surface area contributed by atoms with Crippen LogP contribution in [0.25, 0.3) is 0 Å². The number of amides is 4. The molecule has 0 bridgehead atoms. The van der Waals surface area contributed by atoms with Crippen LogP contribution in [-0.2, 0) is 20.8 Å². The number of rotatable bonds is 11. The maximum Gasteiger partial charge on any atom is 0.251 e. The first-order valence-corrected chi connectivity index (χ1v) is 14.4. The summed E-state index contributed by atoms with van der Waals surface area (Å²) in [6, 6.07) is 14.2. The molecule has 0 aliphatic carbocycles. The molecular weight excluding hydrogens is 522 g/mol. The maximum atomic E-state index is 14.0. The minimum Gasteiger partial charge on any atom is -0.497 e. The van der Waals surface area contributed by atoms with Crippen LogP contribution in [0.3, 0.4) is 0 Å². The molecule has 4 rings (SSSR count). The lowest BCUT2D eigenvalue weighted by molar-refractivity contribution is -0.143. The maximum absolute atomic E-state index is 14.0. The van der Waals surface area contributed by atoms with Crippen LogP contribution < -0.4 is 26.4 Å². The fourth-order valence-corrected chi connectivity index (χ4v) is 5.69. The molecule has 0 radical (unpaired) electrons. The number of ether oxygens (including phenoxy) is 1. The number of nitrogens with two attached hydrogens (primary N) is 1. The zero-order chi connectivity index (χ0) is 29.4. The zero-order valence-electron chi connectivity index (χ0n) is 23.8. The molecule has 5 N–H and O–H groups in total. The van der Waals surface area contributed by atoms with E-state index in [0.717, 1.165) is 11.3 Å². The summed E-state index contributed by atoms with van der Waals surface area (Å²) >= 11 is 0. The van der Waals surface area contributed by atoms with Gasteiger partial charge in [0.1, 0.15) is 17.8 Å². The quantitative estimate of drug-likeness (QED) is 0.328. The van der Waals surface area contributed by atoms with Crippen molar-refractivity contribution in [2.45, 2.75) is 69.6 Å². The van der Waals surface area contributed by atoms with Crippen LogP contribution in [0.4, 0.5) is 0 Å². The Hall–Kier alpha value is -3.92. The molecule has 0 spiro atoms. The molecule has 2 heterocycles. The van der Waals surface area contributed by atoms with Crippen molar-refractivity contribution in [3.63, 3.8) is 0 Å². The predicted octanol–water partition coefficient (Wildman–Crippen LogP) is 1.78. The normalized spacial score (nSPS) is 22.7. The van der Waals surface area contributed by atoms with E-state index in [0.29, 0.717) is 50.6 Å². The highest BCUT2D eigenvalue weighted by Gasteiger charge is 2.47. The van der Waals surface area contributed by atoms with Crippen LogP contribution in [0.2, 0.25) is 0 Å². The van der Waals surface area contributed by atoms with Gasteiger partial charge in [-0.2, -0.15) is 0 Å². The van der Waals surface area contributed by atoms with Crippen molar-refractivity contribution in [3.8, 4) is 5.75 Å². The van der Waals surface area contributed by atoms with Gasteiger partial charge in [-0.3, -0.25) is 19.2 Å². The Kier molecular flexibility index (Phi) is 10.3. The highest BCUT2D eigenvalue weighted by atomic mass is 16.5. The van der Waals surface area contributed by atoms with E-state index in [4.69, 9.17) is 10.5 Å². The Balaban J connectivity index is 1.44. The molecule has 2 aromatic rings. The van der Waals surface area contributed by atoms with Gasteiger partial charge in [0.2, 0.25) is 17.7 Å². The fourth-order valence-electron chi connectivity index (χ4n) is 5.69. The number of methoxy groups -OCH3 is 1. The summed E-state index contributed by atoms with van der Waals surface area (Å²) in [6.07, 6.45) is 3.64. The van der Waals surface area contributed by atoms with E-state index in [1.54, 1.807) is 43.2 Å². The lowest BCUT2D eigenvalue weighted by Crippen LogP contribution is -2.59. The average Bonchev–Trinajstić information content (AvgIpc) is 3.39. The molecule has 0 aromatic heterocycles. The molecule has 2 aliphatic rings. The number of carbonyl (C=O) groups is 4. The SMILES string of the molecule is CC[C@H](N)C(=O)N[C@@H]1C(=O)N2[C@@H](CC[C@@H]1CNC(=O)c1ccccc1)CC[C@H]2C(=O)NCCc1ccc(OC)cc1. The minimum absolute atomic E-state index is 0.103. The standard InChI is InChI=1S/C31H41N5O5/c1-3-25(32)29(38)35-27-22(19-34-28(37)21-7-5-4-6-8-21)11-12-23-13-16-26(36(23)31(27)40)30(39)33-18-17-20-9-14-24(41-2)15-10-20/h4-10,14-15,22-23,25-27H,3,11-13,16-19,32H2,1-2H3,(H,33,39)(H,34,37)(H,35,38)/t22-,23+,25+,26+,27+/m1/s1. The molecule has 2 aromatic carbocycles. The molecule has 5 atom stereocenters. The average molecular weight is 564 g/mol. The second-order valence-electron chi connectivity index (χ2n) is 10.8. The smallest absolute Gasteiger partial charge is 0.251 e. The molecular formula is C31H41N5O5. The first kappa shape index (κ1) is 30.0. The number of benzene rings is 2. The third-order valence-electron chi connectivity index (χ3n) is 8.17. The molecule has 2 aliphatic heterocycles. The van der Waals surface area contributed by atoms with Crippen LogP contribution in [0, 0.1) is 5.92 Å². The van der Waals surface area contributed by atoms with E-state index in [2.05, 4.69) is 16.0 Å². The molecule has 220 valence electrons. The van der Waals surface area contributed by atoms with Crippen molar-refractivity contribution in [1.82, 2.24) is 20.9 Å². The summed E-state index contributed by atoms with van der Waals surface area (Å²) in [5.41, 5.74) is 7.57. The van der Waals surface area contributed by atoms with E-state index >= 15 is 0 Å². The number of carbonyl (C=O) groups excluding carboxylic acids is 4. The Morgan fingerprint density at radius 3 is 2.39 bits per heavy atom. The number of nitrogens with zero attached hydrogens (tertiary/aromatic N) is 1. The van der Waals surface area contributed by atoms with Gasteiger partial charge in [-0.1, -0.05) is 37.3 Å². The fraction of sp³-hybridized carbons (Fsp3) is 0.484. The highest BCUT2D eigenvalue weighted by molar-refractivity contribution is 5.95. The Morgan fingerprint density at radius 1 is 1.00 bits per heavy atom. The number of hydrogen-bond acceptors (Lipinski definition) is 6. The van der Waals surface area contributed by atoms with E-state index < -0.39 is 24.0 Å². The molecule has 41 heavy (non-hydrogen) atoms. The van der Waals surface area contributed by atoms with E-state index in [9.17, 15) is 19.2 Å². The number of nitrogens with one attached hydrogen (secondary N) is 3.